The Bertz CT molecular complexity index is 421. The Kier molecular flexibility index (Phi) is 5.98. The molecule has 0 aliphatic carbocycles. The van der Waals surface area contributed by atoms with Crippen LogP contribution >= 0.6 is 0 Å². The summed E-state index contributed by atoms with van der Waals surface area (Å²) >= 11 is 0. The third-order valence-corrected chi connectivity index (χ3v) is 3.03. The molecule has 0 aromatic heterocycles. The van der Waals surface area contributed by atoms with Crippen LogP contribution in [0.2, 0.25) is 0 Å². The predicted octanol–water partition coefficient (Wildman–Crippen LogP) is 2.45. The van der Waals surface area contributed by atoms with Gasteiger partial charge in [0.1, 0.15) is 0 Å². The maximum atomic E-state index is 12.7. The number of aliphatic hydroxyl groups excluding tert-OH is 1. The lowest BCUT2D eigenvalue weighted by molar-refractivity contribution is -0.137. The van der Waals surface area contributed by atoms with Crippen LogP contribution in [0.3, 0.4) is 0 Å². The molecular weight excluding hydrogens is 269 g/mol. The largest absolute Gasteiger partial charge is 0.416 e. The summed E-state index contributed by atoms with van der Waals surface area (Å²) in [4.78, 5) is 0. The van der Waals surface area contributed by atoms with Gasteiger partial charge in [-0.2, -0.15) is 13.2 Å². The monoisotopic (exact) mass is 290 g/mol. The minimum absolute atomic E-state index is 0.0434. The molecule has 0 aliphatic heterocycles. The SMILES string of the molecule is CC(O)CC(C)NC(CN)c1cccc(C(F)(F)F)c1. The van der Waals surface area contributed by atoms with Crippen molar-refractivity contribution < 1.29 is 18.3 Å². The van der Waals surface area contributed by atoms with Crippen molar-refractivity contribution >= 4 is 0 Å². The molecule has 20 heavy (non-hydrogen) atoms. The van der Waals surface area contributed by atoms with Crippen LogP contribution in [-0.2, 0) is 6.18 Å². The Hall–Kier alpha value is -1.11. The number of rotatable bonds is 6. The van der Waals surface area contributed by atoms with Crippen molar-refractivity contribution in [3.63, 3.8) is 0 Å². The first-order valence-corrected chi connectivity index (χ1v) is 6.55. The fourth-order valence-electron chi connectivity index (χ4n) is 2.16. The number of hydrogen-bond acceptors (Lipinski definition) is 3. The van der Waals surface area contributed by atoms with Gasteiger partial charge in [0.05, 0.1) is 11.7 Å². The van der Waals surface area contributed by atoms with Crippen LogP contribution in [0.1, 0.15) is 37.4 Å². The standard InChI is InChI=1S/C14H21F3N2O/c1-9(6-10(2)20)19-13(8-18)11-4-3-5-12(7-11)14(15,16)17/h3-5,7,9-10,13,19-20H,6,8,18H2,1-2H3. The van der Waals surface area contributed by atoms with Crippen molar-refractivity contribution in [3.8, 4) is 0 Å². The molecule has 3 unspecified atom stereocenters. The highest BCUT2D eigenvalue weighted by Crippen LogP contribution is 2.30. The number of nitrogens with two attached hydrogens (primary N) is 1. The highest BCUT2D eigenvalue weighted by atomic mass is 19.4. The molecule has 1 aromatic rings. The smallest absolute Gasteiger partial charge is 0.393 e. The number of benzene rings is 1. The molecule has 114 valence electrons. The Morgan fingerprint density at radius 1 is 1.30 bits per heavy atom. The summed E-state index contributed by atoms with van der Waals surface area (Å²) < 4.78 is 38.1. The van der Waals surface area contributed by atoms with E-state index in [4.69, 9.17) is 5.73 Å². The van der Waals surface area contributed by atoms with Crippen LogP contribution in [0, 0.1) is 0 Å². The Morgan fingerprint density at radius 3 is 2.45 bits per heavy atom. The number of alkyl halides is 3. The molecule has 0 amide bonds. The molecular formula is C14H21F3N2O. The molecule has 3 atom stereocenters. The second-order valence-electron chi connectivity index (χ2n) is 5.06. The van der Waals surface area contributed by atoms with Crippen molar-refractivity contribution in [1.29, 1.82) is 0 Å². The third kappa shape index (κ3) is 5.11. The first-order valence-electron chi connectivity index (χ1n) is 6.55. The maximum Gasteiger partial charge on any atom is 0.416 e. The van der Waals surface area contributed by atoms with E-state index in [1.54, 1.807) is 13.0 Å². The number of halogens is 3. The summed E-state index contributed by atoms with van der Waals surface area (Å²) in [6.45, 7) is 3.72. The van der Waals surface area contributed by atoms with Crippen LogP contribution < -0.4 is 11.1 Å². The van der Waals surface area contributed by atoms with E-state index in [0.29, 0.717) is 12.0 Å². The topological polar surface area (TPSA) is 58.3 Å². The lowest BCUT2D eigenvalue weighted by Crippen LogP contribution is -2.36. The molecule has 6 heteroatoms. The average molecular weight is 290 g/mol. The van der Waals surface area contributed by atoms with Crippen molar-refractivity contribution in [2.75, 3.05) is 6.54 Å². The molecule has 1 rings (SSSR count). The quantitative estimate of drug-likeness (QED) is 0.754. The molecule has 0 aliphatic rings. The Morgan fingerprint density at radius 2 is 1.95 bits per heavy atom. The summed E-state index contributed by atoms with van der Waals surface area (Å²) in [5, 5.41) is 12.5. The first kappa shape index (κ1) is 16.9. The van der Waals surface area contributed by atoms with Crippen molar-refractivity contribution in [1.82, 2.24) is 5.32 Å². The van der Waals surface area contributed by atoms with Crippen molar-refractivity contribution in [2.45, 2.75) is 44.6 Å². The van der Waals surface area contributed by atoms with Crippen LogP contribution in [0.25, 0.3) is 0 Å². The molecule has 4 N–H and O–H groups in total. The van der Waals surface area contributed by atoms with Gasteiger partial charge in [0, 0.05) is 18.6 Å². The van der Waals surface area contributed by atoms with E-state index in [-0.39, 0.29) is 18.6 Å². The first-order chi connectivity index (χ1) is 9.24. The Balaban J connectivity index is 2.85. The van der Waals surface area contributed by atoms with Crippen LogP contribution in [-0.4, -0.2) is 23.8 Å². The van der Waals surface area contributed by atoms with E-state index in [1.807, 2.05) is 6.92 Å². The van der Waals surface area contributed by atoms with Crippen LogP contribution in [0.15, 0.2) is 24.3 Å². The number of aliphatic hydroxyl groups is 1. The van der Waals surface area contributed by atoms with Gasteiger partial charge < -0.3 is 16.2 Å². The predicted molar refractivity (Wildman–Crippen MR) is 72.1 cm³/mol. The average Bonchev–Trinajstić information content (AvgIpc) is 2.34. The minimum atomic E-state index is -4.36. The zero-order valence-electron chi connectivity index (χ0n) is 11.6. The lowest BCUT2D eigenvalue weighted by Gasteiger charge is -2.24. The van der Waals surface area contributed by atoms with Crippen LogP contribution in [0.5, 0.6) is 0 Å². The lowest BCUT2D eigenvalue weighted by atomic mass is 10.0. The molecule has 0 radical (unpaired) electrons. The normalized spacial score (nSPS) is 16.8. The van der Waals surface area contributed by atoms with Gasteiger partial charge in [-0.1, -0.05) is 12.1 Å². The van der Waals surface area contributed by atoms with Crippen molar-refractivity contribution in [2.24, 2.45) is 5.73 Å². The zero-order valence-corrected chi connectivity index (χ0v) is 11.6. The highest BCUT2D eigenvalue weighted by Gasteiger charge is 2.31. The van der Waals surface area contributed by atoms with E-state index in [1.165, 1.54) is 6.07 Å². The summed E-state index contributed by atoms with van der Waals surface area (Å²) in [6.07, 6.45) is -4.33. The summed E-state index contributed by atoms with van der Waals surface area (Å²) in [7, 11) is 0. The number of hydrogen-bond donors (Lipinski definition) is 3. The molecule has 0 fully saturated rings. The molecule has 1 aromatic carbocycles. The fourth-order valence-corrected chi connectivity index (χ4v) is 2.16. The van der Waals surface area contributed by atoms with E-state index >= 15 is 0 Å². The molecule has 3 nitrogen and oxygen atoms in total. The van der Waals surface area contributed by atoms with Gasteiger partial charge in [0.15, 0.2) is 0 Å². The van der Waals surface area contributed by atoms with Gasteiger partial charge in [-0.15, -0.1) is 0 Å². The number of nitrogens with one attached hydrogen (secondary N) is 1. The van der Waals surface area contributed by atoms with E-state index in [0.717, 1.165) is 12.1 Å². The van der Waals surface area contributed by atoms with E-state index in [2.05, 4.69) is 5.32 Å². The highest BCUT2D eigenvalue weighted by molar-refractivity contribution is 5.28. The van der Waals surface area contributed by atoms with Gasteiger partial charge in [-0.25, -0.2) is 0 Å². The van der Waals surface area contributed by atoms with Gasteiger partial charge in [-0.3, -0.25) is 0 Å². The fraction of sp³-hybridized carbons (Fsp3) is 0.571. The van der Waals surface area contributed by atoms with Gasteiger partial charge in [0.25, 0.3) is 0 Å². The maximum absolute atomic E-state index is 12.7. The zero-order chi connectivity index (χ0) is 15.3. The Labute approximate surface area is 117 Å². The second-order valence-corrected chi connectivity index (χ2v) is 5.06. The van der Waals surface area contributed by atoms with Crippen LogP contribution in [0.4, 0.5) is 13.2 Å². The molecule has 0 spiro atoms. The van der Waals surface area contributed by atoms with E-state index < -0.39 is 17.8 Å². The van der Waals surface area contributed by atoms with Gasteiger partial charge >= 0.3 is 6.18 Å². The molecule has 0 saturated heterocycles. The van der Waals surface area contributed by atoms with E-state index in [9.17, 15) is 18.3 Å². The summed E-state index contributed by atoms with van der Waals surface area (Å²) in [6, 6.07) is 4.73. The second kappa shape index (κ2) is 7.06. The summed E-state index contributed by atoms with van der Waals surface area (Å²) in [5.74, 6) is 0. The van der Waals surface area contributed by atoms with Crippen molar-refractivity contribution in [3.05, 3.63) is 35.4 Å². The molecule has 0 heterocycles. The summed E-state index contributed by atoms with van der Waals surface area (Å²) in [5.41, 5.74) is 5.45. The molecule has 0 saturated carbocycles. The van der Waals surface area contributed by atoms with Gasteiger partial charge in [0.2, 0.25) is 0 Å². The molecule has 0 bridgehead atoms. The third-order valence-electron chi connectivity index (χ3n) is 3.03. The van der Waals surface area contributed by atoms with Gasteiger partial charge in [-0.05, 0) is 38.0 Å². The minimum Gasteiger partial charge on any atom is -0.393 e.